The van der Waals surface area contributed by atoms with Crippen molar-refractivity contribution in [3.05, 3.63) is 81.8 Å². The molecule has 1 saturated heterocycles. The van der Waals surface area contributed by atoms with Crippen molar-refractivity contribution >= 4 is 28.8 Å². The summed E-state index contributed by atoms with van der Waals surface area (Å²) in [5.41, 5.74) is 4.70. The maximum atomic E-state index is 13.4. The van der Waals surface area contributed by atoms with Crippen molar-refractivity contribution in [2.75, 3.05) is 37.6 Å². The van der Waals surface area contributed by atoms with E-state index in [2.05, 4.69) is 52.5 Å². The van der Waals surface area contributed by atoms with Gasteiger partial charge < -0.3 is 14.7 Å². The minimum absolute atomic E-state index is 0.0622. The van der Waals surface area contributed by atoms with Crippen LogP contribution in [-0.2, 0) is 16.0 Å². The Morgan fingerprint density at radius 1 is 0.971 bits per heavy atom. The molecule has 2 aromatic heterocycles. The highest BCUT2D eigenvalue weighted by molar-refractivity contribution is 7.10. The van der Waals surface area contributed by atoms with Crippen molar-refractivity contribution in [3.63, 3.8) is 0 Å². The van der Waals surface area contributed by atoms with Crippen LogP contribution in [0.5, 0.6) is 0 Å². The molecule has 6 nitrogen and oxygen atoms in total. The molecule has 2 aliphatic heterocycles. The van der Waals surface area contributed by atoms with E-state index in [1.165, 1.54) is 16.0 Å². The third-order valence-corrected chi connectivity index (χ3v) is 7.85. The van der Waals surface area contributed by atoms with Gasteiger partial charge in [-0.05, 0) is 48.1 Å². The highest BCUT2D eigenvalue weighted by Crippen LogP contribution is 2.38. The summed E-state index contributed by atoms with van der Waals surface area (Å²) in [7, 11) is 0. The first-order valence-corrected chi connectivity index (χ1v) is 12.8. The zero-order valence-electron chi connectivity index (χ0n) is 19.5. The first-order chi connectivity index (χ1) is 16.6. The third kappa shape index (κ3) is 4.71. The Morgan fingerprint density at radius 3 is 2.50 bits per heavy atom. The standard InChI is InChI=1S/C27H30N4O2S/c1-20-3-2-4-21(19-20)27-23-10-18-34-24(23)9-13-31(27)26(33)6-5-25(32)30-16-14-29(15-17-30)22-7-11-28-12-8-22/h2-4,7-8,10-12,18-19,27H,5-6,9,13-17H2,1H3. The van der Waals surface area contributed by atoms with Gasteiger partial charge in [0.15, 0.2) is 0 Å². The van der Waals surface area contributed by atoms with Crippen molar-refractivity contribution in [1.82, 2.24) is 14.8 Å². The van der Waals surface area contributed by atoms with Crippen LogP contribution in [0, 0.1) is 6.92 Å². The fourth-order valence-corrected chi connectivity index (χ4v) is 5.97. The van der Waals surface area contributed by atoms with Gasteiger partial charge in [0.05, 0.1) is 6.04 Å². The molecule has 4 heterocycles. The number of anilines is 1. The molecule has 0 radical (unpaired) electrons. The maximum Gasteiger partial charge on any atom is 0.223 e. The van der Waals surface area contributed by atoms with E-state index in [9.17, 15) is 9.59 Å². The molecule has 34 heavy (non-hydrogen) atoms. The van der Waals surface area contributed by atoms with Gasteiger partial charge in [-0.2, -0.15) is 0 Å². The van der Waals surface area contributed by atoms with Gasteiger partial charge >= 0.3 is 0 Å². The number of hydrogen-bond donors (Lipinski definition) is 0. The number of piperazine rings is 1. The molecule has 2 amide bonds. The number of aryl methyl sites for hydroxylation is 1. The van der Waals surface area contributed by atoms with Crippen LogP contribution in [0.25, 0.3) is 0 Å². The lowest BCUT2D eigenvalue weighted by Gasteiger charge is -2.37. The Morgan fingerprint density at radius 2 is 1.74 bits per heavy atom. The van der Waals surface area contributed by atoms with Crippen LogP contribution in [0.4, 0.5) is 5.69 Å². The lowest BCUT2D eigenvalue weighted by atomic mass is 9.92. The van der Waals surface area contributed by atoms with Crippen molar-refractivity contribution in [1.29, 1.82) is 0 Å². The van der Waals surface area contributed by atoms with Gasteiger partial charge in [0, 0.05) is 68.5 Å². The van der Waals surface area contributed by atoms with Crippen LogP contribution in [0.1, 0.15) is 40.5 Å². The zero-order chi connectivity index (χ0) is 23.5. The van der Waals surface area contributed by atoms with Gasteiger partial charge in [0.25, 0.3) is 0 Å². The third-order valence-electron chi connectivity index (χ3n) is 6.86. The fraction of sp³-hybridized carbons (Fsp3) is 0.370. The number of amides is 2. The summed E-state index contributed by atoms with van der Waals surface area (Å²) >= 11 is 1.77. The molecule has 0 aliphatic carbocycles. The van der Waals surface area contributed by atoms with Gasteiger partial charge in [-0.15, -0.1) is 11.3 Å². The largest absolute Gasteiger partial charge is 0.368 e. The molecule has 1 atom stereocenters. The van der Waals surface area contributed by atoms with Gasteiger partial charge in [0.1, 0.15) is 0 Å². The second kappa shape index (κ2) is 9.97. The highest BCUT2D eigenvalue weighted by atomic mass is 32.1. The summed E-state index contributed by atoms with van der Waals surface area (Å²) in [5, 5.41) is 2.12. The lowest BCUT2D eigenvalue weighted by molar-refractivity contribution is -0.138. The number of fused-ring (bicyclic) bond motifs is 1. The molecule has 3 aromatic rings. The summed E-state index contributed by atoms with van der Waals surface area (Å²) in [6.07, 6.45) is 4.99. The average molecular weight is 475 g/mol. The quantitative estimate of drug-likeness (QED) is 0.560. The summed E-state index contributed by atoms with van der Waals surface area (Å²) in [5.74, 6) is 0.134. The number of pyridine rings is 1. The maximum absolute atomic E-state index is 13.4. The molecular weight excluding hydrogens is 444 g/mol. The predicted octanol–water partition coefficient (Wildman–Crippen LogP) is 4.05. The first kappa shape index (κ1) is 22.6. The molecule has 5 rings (SSSR count). The molecule has 0 N–H and O–H groups in total. The first-order valence-electron chi connectivity index (χ1n) is 12.0. The second-order valence-electron chi connectivity index (χ2n) is 9.03. The highest BCUT2D eigenvalue weighted by Gasteiger charge is 2.33. The number of carbonyl (C=O) groups excluding carboxylic acids is 2. The van der Waals surface area contributed by atoms with E-state index in [1.54, 1.807) is 23.7 Å². The summed E-state index contributed by atoms with van der Waals surface area (Å²) in [6.45, 7) is 5.74. The Bertz CT molecular complexity index is 1150. The Hall–Kier alpha value is -3.19. The number of aromatic nitrogens is 1. The van der Waals surface area contributed by atoms with Crippen LogP contribution in [0.3, 0.4) is 0 Å². The summed E-state index contributed by atoms with van der Waals surface area (Å²) in [4.78, 5) is 37.9. The SMILES string of the molecule is Cc1cccc(C2c3ccsc3CCN2C(=O)CCC(=O)N2CCN(c3ccncc3)CC2)c1. The van der Waals surface area contributed by atoms with Gasteiger partial charge in [-0.25, -0.2) is 0 Å². The molecular formula is C27H30N4O2S. The Kier molecular flexibility index (Phi) is 6.63. The molecule has 7 heteroatoms. The van der Waals surface area contributed by atoms with Crippen LogP contribution < -0.4 is 4.90 Å². The molecule has 1 unspecified atom stereocenters. The van der Waals surface area contributed by atoms with E-state index in [0.717, 1.165) is 30.8 Å². The monoisotopic (exact) mass is 474 g/mol. The average Bonchev–Trinajstić information content (AvgIpc) is 3.36. The molecule has 176 valence electrons. The Labute approximate surface area is 204 Å². The van der Waals surface area contributed by atoms with Crippen LogP contribution in [0.2, 0.25) is 0 Å². The van der Waals surface area contributed by atoms with Crippen molar-refractivity contribution in [2.24, 2.45) is 0 Å². The van der Waals surface area contributed by atoms with E-state index < -0.39 is 0 Å². The number of thiophene rings is 1. The molecule has 0 spiro atoms. The summed E-state index contributed by atoms with van der Waals surface area (Å²) in [6, 6.07) is 14.5. The van der Waals surface area contributed by atoms with Gasteiger partial charge in [-0.3, -0.25) is 14.6 Å². The number of hydrogen-bond acceptors (Lipinski definition) is 5. The molecule has 2 aliphatic rings. The van der Waals surface area contributed by atoms with E-state index in [-0.39, 0.29) is 30.7 Å². The lowest BCUT2D eigenvalue weighted by Crippen LogP contribution is -2.49. The van der Waals surface area contributed by atoms with E-state index in [1.807, 2.05) is 21.9 Å². The van der Waals surface area contributed by atoms with Crippen molar-refractivity contribution < 1.29 is 9.59 Å². The van der Waals surface area contributed by atoms with Crippen molar-refractivity contribution in [3.8, 4) is 0 Å². The molecule has 1 aromatic carbocycles. The van der Waals surface area contributed by atoms with E-state index >= 15 is 0 Å². The van der Waals surface area contributed by atoms with Crippen LogP contribution in [-0.4, -0.2) is 59.3 Å². The normalized spacial score (nSPS) is 18.0. The van der Waals surface area contributed by atoms with Gasteiger partial charge in [0.2, 0.25) is 11.8 Å². The molecule has 0 saturated carbocycles. The van der Waals surface area contributed by atoms with Gasteiger partial charge in [-0.1, -0.05) is 29.8 Å². The number of carbonyl (C=O) groups is 2. The Balaban J connectivity index is 1.21. The zero-order valence-corrected chi connectivity index (χ0v) is 20.3. The summed E-state index contributed by atoms with van der Waals surface area (Å²) < 4.78 is 0. The number of rotatable bonds is 5. The second-order valence-corrected chi connectivity index (χ2v) is 10.0. The number of benzene rings is 1. The smallest absolute Gasteiger partial charge is 0.223 e. The predicted molar refractivity (Wildman–Crippen MR) is 135 cm³/mol. The van der Waals surface area contributed by atoms with E-state index in [0.29, 0.717) is 19.6 Å². The number of nitrogens with zero attached hydrogens (tertiary/aromatic N) is 4. The minimum Gasteiger partial charge on any atom is -0.368 e. The fourth-order valence-electron chi connectivity index (χ4n) is 5.07. The van der Waals surface area contributed by atoms with Crippen molar-refractivity contribution in [2.45, 2.75) is 32.2 Å². The topological polar surface area (TPSA) is 56.8 Å². The van der Waals surface area contributed by atoms with Crippen LogP contribution in [0.15, 0.2) is 60.2 Å². The minimum atomic E-state index is -0.0681. The molecule has 1 fully saturated rings. The van der Waals surface area contributed by atoms with E-state index in [4.69, 9.17) is 0 Å². The van der Waals surface area contributed by atoms with Crippen LogP contribution >= 0.6 is 11.3 Å². The molecule has 0 bridgehead atoms.